The zero-order valence-electron chi connectivity index (χ0n) is 20.8. The SMILES string of the molecule is COc1ccc(N(CC(=O)NCc2cccc(CN3CCCC3)c2)S(=O)(=O)c2ccc(C)cc2)cc1. The van der Waals surface area contributed by atoms with Gasteiger partial charge in [0.25, 0.3) is 10.0 Å². The van der Waals surface area contributed by atoms with Crippen molar-refractivity contribution in [3.8, 4) is 5.75 Å². The van der Waals surface area contributed by atoms with Crippen LogP contribution in [-0.2, 0) is 27.9 Å². The summed E-state index contributed by atoms with van der Waals surface area (Å²) in [5, 5.41) is 2.89. The fourth-order valence-electron chi connectivity index (χ4n) is 4.32. The number of rotatable bonds is 10. The molecule has 1 N–H and O–H groups in total. The van der Waals surface area contributed by atoms with Crippen LogP contribution in [0.4, 0.5) is 5.69 Å². The summed E-state index contributed by atoms with van der Waals surface area (Å²) in [7, 11) is -2.42. The first-order valence-electron chi connectivity index (χ1n) is 12.2. The molecule has 0 aromatic heterocycles. The number of aryl methyl sites for hydroxylation is 1. The van der Waals surface area contributed by atoms with Crippen molar-refractivity contribution >= 4 is 21.6 Å². The second-order valence-corrected chi connectivity index (χ2v) is 11.0. The molecule has 0 unspecified atom stereocenters. The highest BCUT2D eigenvalue weighted by Crippen LogP contribution is 2.26. The first-order valence-corrected chi connectivity index (χ1v) is 13.6. The maximum atomic E-state index is 13.5. The molecule has 8 heteroatoms. The standard InChI is InChI=1S/C28H33N3O4S/c1-22-8-14-27(15-9-22)36(33,34)31(25-10-12-26(35-2)13-11-25)21-28(32)29-19-23-6-5-7-24(18-23)20-30-16-3-4-17-30/h5-15,18H,3-4,16-17,19-21H2,1-2H3,(H,29,32). The Bertz CT molecular complexity index is 1270. The van der Waals surface area contributed by atoms with Crippen LogP contribution in [0.2, 0.25) is 0 Å². The topological polar surface area (TPSA) is 79.0 Å². The van der Waals surface area contributed by atoms with Gasteiger partial charge in [-0.3, -0.25) is 14.0 Å². The maximum Gasteiger partial charge on any atom is 0.264 e. The molecule has 0 aliphatic carbocycles. The number of carbonyl (C=O) groups excluding carboxylic acids is 1. The van der Waals surface area contributed by atoms with E-state index in [4.69, 9.17) is 4.74 Å². The number of anilines is 1. The Morgan fingerprint density at radius 2 is 1.64 bits per heavy atom. The van der Waals surface area contributed by atoms with Crippen LogP contribution in [0.15, 0.2) is 77.7 Å². The highest BCUT2D eigenvalue weighted by molar-refractivity contribution is 7.92. The third-order valence-corrected chi connectivity index (χ3v) is 8.13. The van der Waals surface area contributed by atoms with Crippen molar-refractivity contribution in [2.24, 2.45) is 0 Å². The number of carbonyl (C=O) groups is 1. The van der Waals surface area contributed by atoms with Gasteiger partial charge in [-0.25, -0.2) is 8.42 Å². The summed E-state index contributed by atoms with van der Waals surface area (Å²) in [5.41, 5.74) is 3.54. The molecule has 0 radical (unpaired) electrons. The number of nitrogens with zero attached hydrogens (tertiary/aromatic N) is 2. The molecule has 1 aliphatic heterocycles. The van der Waals surface area contributed by atoms with E-state index in [1.165, 1.54) is 18.4 Å². The Hall–Kier alpha value is -3.36. The molecule has 1 heterocycles. The number of hydrogen-bond donors (Lipinski definition) is 1. The number of likely N-dealkylation sites (tertiary alicyclic amines) is 1. The molecule has 190 valence electrons. The van der Waals surface area contributed by atoms with Crippen molar-refractivity contribution in [3.63, 3.8) is 0 Å². The molecule has 7 nitrogen and oxygen atoms in total. The number of benzene rings is 3. The van der Waals surface area contributed by atoms with Gasteiger partial charge in [-0.1, -0.05) is 42.0 Å². The summed E-state index contributed by atoms with van der Waals surface area (Å²) in [6, 6.07) is 21.4. The van der Waals surface area contributed by atoms with Gasteiger partial charge in [0.1, 0.15) is 12.3 Å². The first kappa shape index (κ1) is 25.7. The van der Waals surface area contributed by atoms with Gasteiger partial charge < -0.3 is 10.1 Å². The predicted octanol–water partition coefficient (Wildman–Crippen LogP) is 4.11. The summed E-state index contributed by atoms with van der Waals surface area (Å²) in [5.74, 6) is 0.219. The molecule has 1 fully saturated rings. The second kappa shape index (κ2) is 11.6. The molecule has 1 aliphatic rings. The molecule has 0 bridgehead atoms. The quantitative estimate of drug-likeness (QED) is 0.447. The van der Waals surface area contributed by atoms with Gasteiger partial charge in [-0.05, 0) is 80.4 Å². The third kappa shape index (κ3) is 6.44. The fourth-order valence-corrected chi connectivity index (χ4v) is 5.75. The Balaban J connectivity index is 1.48. The van der Waals surface area contributed by atoms with E-state index in [2.05, 4.69) is 22.3 Å². The van der Waals surface area contributed by atoms with E-state index in [-0.39, 0.29) is 17.3 Å². The van der Waals surface area contributed by atoms with Crippen LogP contribution in [0.5, 0.6) is 5.75 Å². The van der Waals surface area contributed by atoms with Gasteiger partial charge in [-0.15, -0.1) is 0 Å². The summed E-state index contributed by atoms with van der Waals surface area (Å²) in [6.07, 6.45) is 2.48. The minimum absolute atomic E-state index is 0.131. The van der Waals surface area contributed by atoms with E-state index >= 15 is 0 Å². The normalized spacial score (nSPS) is 13.9. The smallest absolute Gasteiger partial charge is 0.264 e. The minimum Gasteiger partial charge on any atom is -0.497 e. The van der Waals surface area contributed by atoms with E-state index in [0.717, 1.165) is 35.1 Å². The Morgan fingerprint density at radius 1 is 0.972 bits per heavy atom. The molecule has 0 atom stereocenters. The molecule has 1 saturated heterocycles. The molecule has 1 amide bonds. The van der Waals surface area contributed by atoms with E-state index in [1.807, 2.05) is 19.1 Å². The number of nitrogens with one attached hydrogen (secondary N) is 1. The zero-order valence-corrected chi connectivity index (χ0v) is 21.6. The third-order valence-electron chi connectivity index (χ3n) is 6.34. The fraction of sp³-hybridized carbons (Fsp3) is 0.321. The summed E-state index contributed by atoms with van der Waals surface area (Å²) in [4.78, 5) is 15.5. The molecule has 0 spiro atoms. The van der Waals surface area contributed by atoms with E-state index in [0.29, 0.717) is 18.0 Å². The van der Waals surface area contributed by atoms with E-state index in [1.54, 1.807) is 55.6 Å². The molecular formula is C28H33N3O4S. The average Bonchev–Trinajstić information content (AvgIpc) is 3.39. The van der Waals surface area contributed by atoms with E-state index < -0.39 is 10.0 Å². The molecule has 4 rings (SSSR count). The van der Waals surface area contributed by atoms with Crippen LogP contribution in [0.1, 0.15) is 29.5 Å². The van der Waals surface area contributed by atoms with Crippen LogP contribution < -0.4 is 14.4 Å². The minimum atomic E-state index is -3.96. The van der Waals surface area contributed by atoms with Crippen molar-refractivity contribution in [2.45, 2.75) is 37.8 Å². The van der Waals surface area contributed by atoms with Crippen molar-refractivity contribution in [2.75, 3.05) is 31.0 Å². The lowest BCUT2D eigenvalue weighted by molar-refractivity contribution is -0.119. The maximum absolute atomic E-state index is 13.5. The highest BCUT2D eigenvalue weighted by Gasteiger charge is 2.27. The van der Waals surface area contributed by atoms with Crippen molar-refractivity contribution in [3.05, 3.63) is 89.5 Å². The molecule has 36 heavy (non-hydrogen) atoms. The number of sulfonamides is 1. The first-order chi connectivity index (χ1) is 17.3. The van der Waals surface area contributed by atoms with Crippen LogP contribution in [-0.4, -0.2) is 46.0 Å². The number of amides is 1. The second-order valence-electron chi connectivity index (χ2n) is 9.10. The number of methoxy groups -OCH3 is 1. The highest BCUT2D eigenvalue weighted by atomic mass is 32.2. The van der Waals surface area contributed by atoms with Crippen LogP contribution in [0, 0.1) is 6.92 Å². The van der Waals surface area contributed by atoms with Crippen molar-refractivity contribution in [1.82, 2.24) is 10.2 Å². The molecule has 3 aromatic rings. The average molecular weight is 508 g/mol. The Kier molecular flexibility index (Phi) is 8.28. The van der Waals surface area contributed by atoms with Crippen molar-refractivity contribution in [1.29, 1.82) is 0 Å². The van der Waals surface area contributed by atoms with Gasteiger partial charge in [0, 0.05) is 13.1 Å². The number of ether oxygens (including phenoxy) is 1. The molecule has 0 saturated carbocycles. The lowest BCUT2D eigenvalue weighted by Crippen LogP contribution is -2.40. The van der Waals surface area contributed by atoms with Crippen LogP contribution in [0.25, 0.3) is 0 Å². The van der Waals surface area contributed by atoms with E-state index in [9.17, 15) is 13.2 Å². The van der Waals surface area contributed by atoms with Crippen LogP contribution in [0.3, 0.4) is 0 Å². The van der Waals surface area contributed by atoms with Gasteiger partial charge >= 0.3 is 0 Å². The molecule has 3 aromatic carbocycles. The summed E-state index contributed by atoms with van der Waals surface area (Å²) >= 11 is 0. The lowest BCUT2D eigenvalue weighted by Gasteiger charge is -2.24. The van der Waals surface area contributed by atoms with Crippen molar-refractivity contribution < 1.29 is 17.9 Å². The summed E-state index contributed by atoms with van der Waals surface area (Å²) in [6.45, 7) is 5.03. The Labute approximate surface area is 213 Å². The van der Waals surface area contributed by atoms with Gasteiger partial charge in [0.2, 0.25) is 5.91 Å². The Morgan fingerprint density at radius 3 is 2.31 bits per heavy atom. The van der Waals surface area contributed by atoms with Crippen LogP contribution >= 0.6 is 0 Å². The lowest BCUT2D eigenvalue weighted by atomic mass is 10.1. The van der Waals surface area contributed by atoms with Gasteiger partial charge in [-0.2, -0.15) is 0 Å². The largest absolute Gasteiger partial charge is 0.497 e. The number of hydrogen-bond acceptors (Lipinski definition) is 5. The van der Waals surface area contributed by atoms with Gasteiger partial charge in [0.05, 0.1) is 17.7 Å². The summed E-state index contributed by atoms with van der Waals surface area (Å²) < 4.78 is 33.4. The predicted molar refractivity (Wildman–Crippen MR) is 142 cm³/mol. The zero-order chi connectivity index (χ0) is 25.5. The monoisotopic (exact) mass is 507 g/mol. The molecular weight excluding hydrogens is 474 g/mol. The van der Waals surface area contributed by atoms with Gasteiger partial charge in [0.15, 0.2) is 0 Å².